The van der Waals surface area contributed by atoms with E-state index in [1.807, 2.05) is 12.4 Å². The summed E-state index contributed by atoms with van der Waals surface area (Å²) in [5.74, 6) is 2.87. The second-order valence-electron chi connectivity index (χ2n) is 2.94. The molecule has 7 nitrogen and oxygen atoms in total. The van der Waals surface area contributed by atoms with Crippen molar-refractivity contribution in [3.63, 3.8) is 0 Å². The van der Waals surface area contributed by atoms with Crippen LogP contribution in [0.5, 0.6) is 0 Å². The van der Waals surface area contributed by atoms with Crippen molar-refractivity contribution < 1.29 is 5.21 Å². The molecule has 0 aliphatic rings. The molecule has 0 spiro atoms. The van der Waals surface area contributed by atoms with Gasteiger partial charge in [-0.3, -0.25) is 10.5 Å². The molecule has 1 rings (SSSR count). The van der Waals surface area contributed by atoms with Gasteiger partial charge in [0.1, 0.15) is 12.5 Å². The van der Waals surface area contributed by atoms with Crippen LogP contribution in [0.3, 0.4) is 0 Å². The lowest BCUT2D eigenvalue weighted by Crippen LogP contribution is -2.36. The summed E-state index contributed by atoms with van der Waals surface area (Å²) in [5, 5.41) is 14.6. The molecule has 0 saturated carbocycles. The molecule has 0 bridgehead atoms. The molecule has 1 aromatic rings. The van der Waals surface area contributed by atoms with E-state index in [2.05, 4.69) is 31.5 Å². The molecule has 1 unspecified atom stereocenters. The maximum atomic E-state index is 8.61. The van der Waals surface area contributed by atoms with E-state index in [0.29, 0.717) is 0 Å². The minimum Gasteiger partial charge on any atom is -0.328 e. The van der Waals surface area contributed by atoms with Gasteiger partial charge in [0.05, 0.1) is 0 Å². The molecule has 1 aromatic heterocycles. The van der Waals surface area contributed by atoms with Crippen LogP contribution in [0.4, 0.5) is 11.9 Å². The first-order valence-corrected chi connectivity index (χ1v) is 4.85. The fraction of sp³-hybridized carbons (Fsp3) is 0.444. The van der Waals surface area contributed by atoms with Crippen LogP contribution in [0.1, 0.15) is 13.3 Å². The minimum atomic E-state index is -0.353. The summed E-state index contributed by atoms with van der Waals surface area (Å²) in [6.45, 7) is 2.83. The van der Waals surface area contributed by atoms with Crippen molar-refractivity contribution in [3.05, 3.63) is 6.33 Å². The molecule has 0 saturated heterocycles. The van der Waals surface area contributed by atoms with Crippen LogP contribution in [-0.4, -0.2) is 32.9 Å². The first-order valence-electron chi connectivity index (χ1n) is 4.85. The van der Waals surface area contributed by atoms with E-state index in [4.69, 9.17) is 11.6 Å². The third-order valence-electron chi connectivity index (χ3n) is 1.71. The van der Waals surface area contributed by atoms with Crippen LogP contribution in [0.15, 0.2) is 6.33 Å². The molecule has 7 heteroatoms. The zero-order chi connectivity index (χ0) is 11.8. The zero-order valence-electron chi connectivity index (χ0n) is 8.94. The molecule has 0 aromatic carbocycles. The van der Waals surface area contributed by atoms with Crippen molar-refractivity contribution in [2.24, 2.45) is 0 Å². The number of nitrogens with zero attached hydrogens (tertiary/aromatic N) is 3. The van der Waals surface area contributed by atoms with E-state index in [1.165, 1.54) is 6.33 Å². The topological polar surface area (TPSA) is 95.0 Å². The highest BCUT2D eigenvalue weighted by atomic mass is 16.5. The predicted molar refractivity (Wildman–Crippen MR) is 59.8 cm³/mol. The van der Waals surface area contributed by atoms with Crippen molar-refractivity contribution in [3.8, 4) is 12.3 Å². The Bertz CT molecular complexity index is 363. The Morgan fingerprint density at radius 2 is 2.25 bits per heavy atom. The molecule has 86 valence electrons. The van der Waals surface area contributed by atoms with Crippen molar-refractivity contribution in [2.45, 2.75) is 19.5 Å². The molecule has 4 N–H and O–H groups in total. The zero-order valence-corrected chi connectivity index (χ0v) is 8.94. The number of rotatable bonds is 6. The summed E-state index contributed by atoms with van der Waals surface area (Å²) in [6, 6.07) is 0. The van der Waals surface area contributed by atoms with E-state index in [1.54, 1.807) is 0 Å². The molecule has 1 atom stereocenters. The maximum absolute atomic E-state index is 8.61. The number of nitrogens with one attached hydrogen (secondary N) is 3. The fourth-order valence-electron chi connectivity index (χ4n) is 0.989. The molecular formula is C9H14N6O. The van der Waals surface area contributed by atoms with Crippen molar-refractivity contribution in [2.75, 3.05) is 17.3 Å². The van der Waals surface area contributed by atoms with Gasteiger partial charge >= 0.3 is 0 Å². The first-order chi connectivity index (χ1) is 7.80. The van der Waals surface area contributed by atoms with Crippen molar-refractivity contribution in [1.29, 1.82) is 0 Å². The summed E-state index contributed by atoms with van der Waals surface area (Å²) in [7, 11) is 0. The lowest BCUT2D eigenvalue weighted by atomic mass is 10.4. The van der Waals surface area contributed by atoms with Gasteiger partial charge in [-0.05, 0) is 13.0 Å². The van der Waals surface area contributed by atoms with Crippen molar-refractivity contribution >= 4 is 11.9 Å². The number of anilines is 2. The molecule has 0 fully saturated rings. The summed E-state index contributed by atoms with van der Waals surface area (Å²) < 4.78 is 0. The molecule has 0 aliphatic carbocycles. The monoisotopic (exact) mass is 222 g/mol. The lowest BCUT2D eigenvalue weighted by Gasteiger charge is -2.13. The van der Waals surface area contributed by atoms with E-state index >= 15 is 0 Å². The SMILES string of the molecule is C#CC(NCCC)Nc1ncnc(NO)n1. The third-order valence-corrected chi connectivity index (χ3v) is 1.71. The Balaban J connectivity index is 2.59. The van der Waals surface area contributed by atoms with Crippen LogP contribution < -0.4 is 16.1 Å². The van der Waals surface area contributed by atoms with Gasteiger partial charge in [0.15, 0.2) is 0 Å². The third kappa shape index (κ3) is 3.68. The smallest absolute Gasteiger partial charge is 0.251 e. The molecular weight excluding hydrogens is 208 g/mol. The second-order valence-corrected chi connectivity index (χ2v) is 2.94. The van der Waals surface area contributed by atoms with Gasteiger partial charge in [0.25, 0.3) is 5.95 Å². The summed E-state index contributed by atoms with van der Waals surface area (Å²) in [4.78, 5) is 11.4. The largest absolute Gasteiger partial charge is 0.328 e. The molecule has 0 amide bonds. The van der Waals surface area contributed by atoms with Crippen LogP contribution in [0.25, 0.3) is 0 Å². The van der Waals surface area contributed by atoms with E-state index in [9.17, 15) is 0 Å². The van der Waals surface area contributed by atoms with Gasteiger partial charge in [-0.2, -0.15) is 9.97 Å². The maximum Gasteiger partial charge on any atom is 0.251 e. The van der Waals surface area contributed by atoms with Crippen LogP contribution >= 0.6 is 0 Å². The highest BCUT2D eigenvalue weighted by Gasteiger charge is 2.05. The lowest BCUT2D eigenvalue weighted by molar-refractivity contribution is 0.382. The number of terminal acetylenes is 1. The van der Waals surface area contributed by atoms with Gasteiger partial charge in [0, 0.05) is 0 Å². The van der Waals surface area contributed by atoms with Crippen molar-refractivity contribution in [1.82, 2.24) is 20.3 Å². The van der Waals surface area contributed by atoms with Gasteiger partial charge in [0.2, 0.25) is 5.95 Å². The number of hydrogen-bond donors (Lipinski definition) is 4. The average molecular weight is 222 g/mol. The number of hydrogen-bond acceptors (Lipinski definition) is 7. The van der Waals surface area contributed by atoms with Crippen LogP contribution in [-0.2, 0) is 0 Å². The van der Waals surface area contributed by atoms with Gasteiger partial charge in [-0.25, -0.2) is 10.5 Å². The summed E-state index contributed by atoms with van der Waals surface area (Å²) in [5.41, 5.74) is 1.83. The normalized spacial score (nSPS) is 11.6. The predicted octanol–water partition coefficient (Wildman–Crippen LogP) is 0.0435. The fourth-order valence-corrected chi connectivity index (χ4v) is 0.989. The second kappa shape index (κ2) is 6.55. The average Bonchev–Trinajstić information content (AvgIpc) is 2.34. The molecule has 0 radical (unpaired) electrons. The Kier molecular flexibility index (Phi) is 4.98. The Morgan fingerprint density at radius 1 is 1.50 bits per heavy atom. The van der Waals surface area contributed by atoms with E-state index < -0.39 is 0 Å². The van der Waals surface area contributed by atoms with Gasteiger partial charge in [-0.1, -0.05) is 12.8 Å². The highest BCUT2D eigenvalue weighted by Crippen LogP contribution is 2.01. The van der Waals surface area contributed by atoms with Gasteiger partial charge < -0.3 is 5.32 Å². The molecule has 0 aliphatic heterocycles. The highest BCUT2D eigenvalue weighted by molar-refractivity contribution is 5.33. The molecule has 1 heterocycles. The quantitative estimate of drug-likeness (QED) is 0.307. The minimum absolute atomic E-state index is 0.0590. The van der Waals surface area contributed by atoms with E-state index in [0.717, 1.165) is 13.0 Å². The van der Waals surface area contributed by atoms with Crippen LogP contribution in [0.2, 0.25) is 0 Å². The standard InChI is InChI=1S/C9H14N6O/c1-3-5-10-7(4-2)13-8-11-6-12-9(14-8)15-16/h2,6-7,10,16H,3,5H2,1H3,(H2,11,12,13,14,15). The first kappa shape index (κ1) is 12.2. The summed E-state index contributed by atoms with van der Waals surface area (Å²) in [6.07, 6.45) is 7.21. The number of aromatic nitrogens is 3. The van der Waals surface area contributed by atoms with Gasteiger partial charge in [-0.15, -0.1) is 6.42 Å². The summed E-state index contributed by atoms with van der Waals surface area (Å²) >= 11 is 0. The Hall–Kier alpha value is -1.91. The van der Waals surface area contributed by atoms with Crippen LogP contribution in [0, 0.1) is 12.3 Å². The molecule has 16 heavy (non-hydrogen) atoms. The van der Waals surface area contributed by atoms with E-state index in [-0.39, 0.29) is 18.1 Å². The Labute approximate surface area is 93.7 Å². The Morgan fingerprint density at radius 3 is 2.88 bits per heavy atom.